The van der Waals surface area contributed by atoms with E-state index in [0.29, 0.717) is 6.54 Å². The molecule has 0 aliphatic carbocycles. The fourth-order valence-electron chi connectivity index (χ4n) is 1.31. The van der Waals surface area contributed by atoms with E-state index in [1.54, 1.807) is 0 Å². The summed E-state index contributed by atoms with van der Waals surface area (Å²) >= 11 is 5.76. The number of nitrogens with one attached hydrogen (secondary N) is 1. The summed E-state index contributed by atoms with van der Waals surface area (Å²) in [6.45, 7) is 4.60. The molecule has 0 spiro atoms. The molecule has 102 valence electrons. The van der Waals surface area contributed by atoms with Gasteiger partial charge in [0, 0.05) is 12.1 Å². The number of hydrogen-bond donors (Lipinski definition) is 3. The number of halogens is 2. The van der Waals surface area contributed by atoms with Crippen molar-refractivity contribution >= 4 is 28.7 Å². The summed E-state index contributed by atoms with van der Waals surface area (Å²) in [6, 6.07) is 1.45. The van der Waals surface area contributed by atoms with Crippen LogP contribution in [0.3, 0.4) is 0 Å². The van der Waals surface area contributed by atoms with Gasteiger partial charge in [0.25, 0.3) is 0 Å². The van der Waals surface area contributed by atoms with E-state index in [1.165, 1.54) is 6.07 Å². The molecule has 1 aromatic carbocycles. The van der Waals surface area contributed by atoms with Crippen LogP contribution in [0.5, 0.6) is 0 Å². The molecule has 1 rings (SSSR count). The van der Waals surface area contributed by atoms with E-state index in [4.69, 9.17) is 23.1 Å². The maximum Gasteiger partial charge on any atom is 0.169 e. The fourth-order valence-corrected chi connectivity index (χ4v) is 1.46. The van der Waals surface area contributed by atoms with E-state index in [1.807, 2.05) is 32.8 Å². The second-order valence-electron chi connectivity index (χ2n) is 5.12. The highest BCUT2D eigenvalue weighted by Crippen LogP contribution is 2.33. The van der Waals surface area contributed by atoms with Crippen LogP contribution in [0.15, 0.2) is 6.07 Å². The molecule has 0 saturated heterocycles. The Morgan fingerprint density at radius 1 is 1.33 bits per heavy atom. The average molecular weight is 275 g/mol. The summed E-state index contributed by atoms with van der Waals surface area (Å²) < 4.78 is 13.9. The quantitative estimate of drug-likeness (QED) is 0.738. The molecule has 0 saturated carbocycles. The normalized spacial score (nSPS) is 11.9. The van der Waals surface area contributed by atoms with E-state index in [2.05, 4.69) is 5.32 Å². The topological polar surface area (TPSA) is 67.3 Å². The van der Waals surface area contributed by atoms with Crippen LogP contribution in [0.4, 0.5) is 21.5 Å². The van der Waals surface area contributed by atoms with E-state index >= 15 is 0 Å². The third-order valence-electron chi connectivity index (χ3n) is 3.17. The standard InChI is InChI=1S/C12H20ClFN4/c1-12(2,18(3)4)6-17-11-8(16)5-7(15)9(13)10(11)14/h5,17H,6,15-16H2,1-4H3. The molecule has 4 nitrogen and oxygen atoms in total. The first-order valence-electron chi connectivity index (χ1n) is 5.61. The van der Waals surface area contributed by atoms with Crippen LogP contribution in [0, 0.1) is 5.82 Å². The van der Waals surface area contributed by atoms with Crippen molar-refractivity contribution in [3.63, 3.8) is 0 Å². The van der Waals surface area contributed by atoms with Gasteiger partial charge in [-0.2, -0.15) is 0 Å². The highest BCUT2D eigenvalue weighted by molar-refractivity contribution is 6.33. The molecule has 0 fully saturated rings. The van der Waals surface area contributed by atoms with Crippen molar-refractivity contribution in [2.75, 3.05) is 37.4 Å². The molecule has 0 radical (unpaired) electrons. The predicted octanol–water partition coefficient (Wildman–Crippen LogP) is 2.40. The fraction of sp³-hybridized carbons (Fsp3) is 0.500. The van der Waals surface area contributed by atoms with Gasteiger partial charge < -0.3 is 21.7 Å². The van der Waals surface area contributed by atoms with Gasteiger partial charge in [-0.1, -0.05) is 11.6 Å². The van der Waals surface area contributed by atoms with E-state index in [9.17, 15) is 4.39 Å². The number of benzene rings is 1. The molecular weight excluding hydrogens is 255 g/mol. The lowest BCUT2D eigenvalue weighted by molar-refractivity contribution is 0.210. The predicted molar refractivity (Wildman–Crippen MR) is 76.5 cm³/mol. The summed E-state index contributed by atoms with van der Waals surface area (Å²) in [7, 11) is 3.91. The third kappa shape index (κ3) is 2.97. The van der Waals surface area contributed by atoms with Gasteiger partial charge in [0.1, 0.15) is 5.02 Å². The van der Waals surface area contributed by atoms with E-state index < -0.39 is 5.82 Å². The number of nitrogens with zero attached hydrogens (tertiary/aromatic N) is 1. The van der Waals surface area contributed by atoms with Gasteiger partial charge in [0.05, 0.1) is 17.1 Å². The van der Waals surface area contributed by atoms with Crippen molar-refractivity contribution in [3.05, 3.63) is 16.9 Å². The first kappa shape index (κ1) is 14.9. The lowest BCUT2D eigenvalue weighted by Gasteiger charge is -2.33. The zero-order valence-electron chi connectivity index (χ0n) is 11.1. The second-order valence-corrected chi connectivity index (χ2v) is 5.50. The lowest BCUT2D eigenvalue weighted by Crippen LogP contribution is -2.44. The SMILES string of the molecule is CN(C)C(C)(C)CNc1c(N)cc(N)c(Cl)c1F. The molecule has 0 heterocycles. The van der Waals surface area contributed by atoms with Gasteiger partial charge in [-0.25, -0.2) is 4.39 Å². The van der Waals surface area contributed by atoms with Gasteiger partial charge in [0.2, 0.25) is 0 Å². The Morgan fingerprint density at radius 2 is 1.89 bits per heavy atom. The summed E-state index contributed by atoms with van der Waals surface area (Å²) in [4.78, 5) is 2.03. The van der Waals surface area contributed by atoms with Crippen molar-refractivity contribution < 1.29 is 4.39 Å². The number of nitrogens with two attached hydrogens (primary N) is 2. The zero-order chi connectivity index (χ0) is 14.1. The zero-order valence-corrected chi connectivity index (χ0v) is 11.9. The molecular formula is C12H20ClFN4. The molecule has 0 amide bonds. The smallest absolute Gasteiger partial charge is 0.169 e. The Bertz CT molecular complexity index is 446. The van der Waals surface area contributed by atoms with Gasteiger partial charge >= 0.3 is 0 Å². The number of rotatable bonds is 4. The summed E-state index contributed by atoms with van der Waals surface area (Å²) in [5, 5.41) is 2.89. The van der Waals surface area contributed by atoms with Crippen molar-refractivity contribution in [2.24, 2.45) is 0 Å². The van der Waals surface area contributed by atoms with Crippen LogP contribution in [0.2, 0.25) is 5.02 Å². The highest BCUT2D eigenvalue weighted by atomic mass is 35.5. The number of nitrogen functional groups attached to an aromatic ring is 2. The van der Waals surface area contributed by atoms with Crippen molar-refractivity contribution in [3.8, 4) is 0 Å². The molecule has 0 bridgehead atoms. The number of anilines is 3. The summed E-state index contributed by atoms with van der Waals surface area (Å²) in [5.41, 5.74) is 11.7. The Hall–Kier alpha value is -1.20. The maximum atomic E-state index is 13.9. The van der Waals surface area contributed by atoms with Crippen molar-refractivity contribution in [1.82, 2.24) is 4.90 Å². The molecule has 6 heteroatoms. The van der Waals surface area contributed by atoms with Crippen LogP contribution in [0.1, 0.15) is 13.8 Å². The van der Waals surface area contributed by atoms with Crippen LogP contribution < -0.4 is 16.8 Å². The minimum atomic E-state index is -0.608. The molecule has 0 atom stereocenters. The Labute approximate surface area is 112 Å². The van der Waals surface area contributed by atoms with Crippen LogP contribution in [-0.2, 0) is 0 Å². The number of hydrogen-bond acceptors (Lipinski definition) is 4. The molecule has 0 aliphatic rings. The lowest BCUT2D eigenvalue weighted by atomic mass is 10.0. The van der Waals surface area contributed by atoms with E-state index in [-0.39, 0.29) is 27.6 Å². The Morgan fingerprint density at radius 3 is 2.39 bits per heavy atom. The average Bonchev–Trinajstić information content (AvgIpc) is 2.25. The largest absolute Gasteiger partial charge is 0.397 e. The number of likely N-dealkylation sites (N-methyl/N-ethyl adjacent to an activating group) is 1. The Balaban J connectivity index is 2.96. The van der Waals surface area contributed by atoms with E-state index in [0.717, 1.165) is 0 Å². The molecule has 18 heavy (non-hydrogen) atoms. The van der Waals surface area contributed by atoms with Crippen LogP contribution in [-0.4, -0.2) is 31.1 Å². The molecule has 1 aromatic rings. The minimum absolute atomic E-state index is 0.102. The monoisotopic (exact) mass is 274 g/mol. The second kappa shape index (κ2) is 5.20. The summed E-state index contributed by atoms with van der Waals surface area (Å²) in [6.07, 6.45) is 0. The minimum Gasteiger partial charge on any atom is -0.397 e. The molecule has 0 unspecified atom stereocenters. The molecule has 0 aliphatic heterocycles. The van der Waals surface area contributed by atoms with Gasteiger partial charge in [-0.05, 0) is 34.0 Å². The van der Waals surface area contributed by atoms with Crippen LogP contribution >= 0.6 is 11.6 Å². The highest BCUT2D eigenvalue weighted by Gasteiger charge is 2.22. The molecule has 0 aromatic heterocycles. The maximum absolute atomic E-state index is 13.9. The van der Waals surface area contributed by atoms with Gasteiger partial charge in [-0.15, -0.1) is 0 Å². The first-order valence-corrected chi connectivity index (χ1v) is 5.99. The summed E-state index contributed by atoms with van der Waals surface area (Å²) in [5.74, 6) is -0.608. The van der Waals surface area contributed by atoms with Crippen LogP contribution in [0.25, 0.3) is 0 Å². The van der Waals surface area contributed by atoms with Gasteiger partial charge in [-0.3, -0.25) is 0 Å². The first-order chi connectivity index (χ1) is 8.16. The van der Waals surface area contributed by atoms with Gasteiger partial charge in [0.15, 0.2) is 5.82 Å². The van der Waals surface area contributed by atoms with Crippen molar-refractivity contribution in [2.45, 2.75) is 19.4 Å². The van der Waals surface area contributed by atoms with Crippen molar-refractivity contribution in [1.29, 1.82) is 0 Å². The third-order valence-corrected chi connectivity index (χ3v) is 3.56. The Kier molecular flexibility index (Phi) is 4.29. The molecule has 5 N–H and O–H groups in total.